The summed E-state index contributed by atoms with van der Waals surface area (Å²) >= 11 is 5.35. The second-order valence-corrected chi connectivity index (χ2v) is 6.07. The summed E-state index contributed by atoms with van der Waals surface area (Å²) < 4.78 is 2.44. The van der Waals surface area contributed by atoms with Crippen LogP contribution in [0.1, 0.15) is 17.0 Å². The quantitative estimate of drug-likeness (QED) is 0.686. The van der Waals surface area contributed by atoms with Crippen molar-refractivity contribution in [2.24, 2.45) is 0 Å². The van der Waals surface area contributed by atoms with Gasteiger partial charge in [0.1, 0.15) is 5.82 Å². The molecule has 3 aromatic rings. The van der Waals surface area contributed by atoms with Gasteiger partial charge in [-0.3, -0.25) is 10.00 Å². The van der Waals surface area contributed by atoms with E-state index in [1.807, 2.05) is 41.1 Å². The normalized spacial score (nSPS) is 11.4. The van der Waals surface area contributed by atoms with E-state index >= 15 is 0 Å². The van der Waals surface area contributed by atoms with Crippen molar-refractivity contribution in [1.29, 1.82) is 0 Å². The summed E-state index contributed by atoms with van der Waals surface area (Å²) in [5.41, 5.74) is 2.41. The lowest BCUT2D eigenvalue weighted by molar-refractivity contribution is 0.244. The Bertz CT molecular complexity index is 850. The molecule has 0 saturated heterocycles. The minimum Gasteiger partial charge on any atom is -0.283 e. The third kappa shape index (κ3) is 4.50. The summed E-state index contributed by atoms with van der Waals surface area (Å²) in [5, 5.41) is 3.24. The summed E-state index contributed by atoms with van der Waals surface area (Å²) in [6.45, 7) is 1.52. The van der Waals surface area contributed by atoms with E-state index < -0.39 is 0 Å². The van der Waals surface area contributed by atoms with Crippen molar-refractivity contribution < 1.29 is 0 Å². The summed E-state index contributed by atoms with van der Waals surface area (Å²) in [5.74, 6) is 0.761. The van der Waals surface area contributed by atoms with Crippen LogP contribution in [0.25, 0.3) is 12.2 Å². The second-order valence-electron chi connectivity index (χ2n) is 5.70. The molecular formula is C19H20N4S. The van der Waals surface area contributed by atoms with Crippen molar-refractivity contribution in [2.45, 2.75) is 13.2 Å². The van der Waals surface area contributed by atoms with E-state index in [4.69, 9.17) is 12.2 Å². The van der Waals surface area contributed by atoms with Crippen LogP contribution < -0.4 is 0 Å². The van der Waals surface area contributed by atoms with Gasteiger partial charge in [-0.25, -0.2) is 4.68 Å². The first kappa shape index (κ1) is 16.4. The van der Waals surface area contributed by atoms with Crippen molar-refractivity contribution in [3.8, 4) is 0 Å². The van der Waals surface area contributed by atoms with Crippen LogP contribution in [-0.2, 0) is 13.2 Å². The molecule has 0 aliphatic heterocycles. The van der Waals surface area contributed by atoms with Gasteiger partial charge in [0.25, 0.3) is 0 Å². The van der Waals surface area contributed by atoms with Crippen molar-refractivity contribution in [3.63, 3.8) is 0 Å². The first-order valence-corrected chi connectivity index (χ1v) is 8.24. The van der Waals surface area contributed by atoms with Gasteiger partial charge in [0.15, 0.2) is 0 Å². The number of nitrogens with zero attached hydrogens (tertiary/aromatic N) is 3. The second kappa shape index (κ2) is 7.86. The van der Waals surface area contributed by atoms with Crippen LogP contribution in [0.3, 0.4) is 0 Å². The van der Waals surface area contributed by atoms with Crippen LogP contribution in [-0.4, -0.2) is 26.7 Å². The molecule has 1 N–H and O–H groups in total. The molecule has 0 saturated carbocycles. The van der Waals surface area contributed by atoms with Crippen molar-refractivity contribution >= 4 is 24.4 Å². The fourth-order valence-corrected chi connectivity index (χ4v) is 2.67. The first-order valence-electron chi connectivity index (χ1n) is 7.83. The number of nitrogens with one attached hydrogen (secondary N) is 1. The lowest BCUT2D eigenvalue weighted by Gasteiger charge is -2.16. The summed E-state index contributed by atoms with van der Waals surface area (Å²) in [6.07, 6.45) is 3.96. The maximum absolute atomic E-state index is 5.35. The minimum absolute atomic E-state index is 0.558. The Kier molecular flexibility index (Phi) is 5.36. The van der Waals surface area contributed by atoms with E-state index in [1.165, 1.54) is 5.56 Å². The van der Waals surface area contributed by atoms with Crippen LogP contribution in [0.15, 0.2) is 60.7 Å². The Labute approximate surface area is 147 Å². The third-order valence-corrected chi connectivity index (χ3v) is 3.92. The van der Waals surface area contributed by atoms with Crippen LogP contribution in [0.2, 0.25) is 0 Å². The predicted octanol–water partition coefficient (Wildman–Crippen LogP) is 4.20. The van der Waals surface area contributed by atoms with Gasteiger partial charge >= 0.3 is 0 Å². The first-order chi connectivity index (χ1) is 11.7. The molecule has 0 spiro atoms. The lowest BCUT2D eigenvalue weighted by Crippen LogP contribution is -2.22. The monoisotopic (exact) mass is 336 g/mol. The van der Waals surface area contributed by atoms with Gasteiger partial charge < -0.3 is 0 Å². The molecule has 0 unspecified atom stereocenters. The topological polar surface area (TPSA) is 36.9 Å². The average molecular weight is 336 g/mol. The smallest absolute Gasteiger partial charge is 0.217 e. The number of aromatic amines is 1. The highest BCUT2D eigenvalue weighted by atomic mass is 32.1. The van der Waals surface area contributed by atoms with Gasteiger partial charge in [-0.2, -0.15) is 4.98 Å². The zero-order valence-electron chi connectivity index (χ0n) is 13.6. The third-order valence-electron chi connectivity index (χ3n) is 3.61. The lowest BCUT2D eigenvalue weighted by atomic mass is 10.2. The van der Waals surface area contributed by atoms with Crippen molar-refractivity contribution in [1.82, 2.24) is 19.7 Å². The molecule has 4 nitrogen and oxygen atoms in total. The Morgan fingerprint density at radius 2 is 1.71 bits per heavy atom. The van der Waals surface area contributed by atoms with Gasteiger partial charge in [-0.05, 0) is 36.5 Å². The van der Waals surface area contributed by atoms with Crippen LogP contribution in [0.4, 0.5) is 0 Å². The number of H-pyrrole nitrogens is 1. The zero-order valence-corrected chi connectivity index (χ0v) is 14.4. The van der Waals surface area contributed by atoms with E-state index in [1.54, 1.807) is 0 Å². The Morgan fingerprint density at radius 1 is 1.04 bits per heavy atom. The summed E-state index contributed by atoms with van der Waals surface area (Å²) in [6, 6.07) is 20.5. The molecule has 122 valence electrons. The molecule has 24 heavy (non-hydrogen) atoms. The number of hydrogen-bond donors (Lipinski definition) is 1. The van der Waals surface area contributed by atoms with E-state index in [2.05, 4.69) is 58.4 Å². The van der Waals surface area contributed by atoms with Crippen molar-refractivity contribution in [2.75, 3.05) is 7.05 Å². The van der Waals surface area contributed by atoms with Crippen molar-refractivity contribution in [3.05, 3.63) is 82.4 Å². The highest BCUT2D eigenvalue weighted by molar-refractivity contribution is 7.71. The average Bonchev–Trinajstić information content (AvgIpc) is 2.94. The number of aromatic nitrogens is 3. The molecule has 3 rings (SSSR count). The maximum Gasteiger partial charge on any atom is 0.217 e. The van der Waals surface area contributed by atoms with Gasteiger partial charge in [0.2, 0.25) is 4.77 Å². The molecule has 5 heteroatoms. The number of hydrogen-bond acceptors (Lipinski definition) is 3. The van der Waals surface area contributed by atoms with E-state index in [0.29, 0.717) is 11.4 Å². The summed E-state index contributed by atoms with van der Waals surface area (Å²) in [7, 11) is 2.06. The van der Waals surface area contributed by atoms with Gasteiger partial charge in [-0.15, -0.1) is 0 Å². The van der Waals surface area contributed by atoms with Gasteiger partial charge in [0, 0.05) is 6.54 Å². The molecule has 0 aliphatic carbocycles. The molecule has 1 heterocycles. The van der Waals surface area contributed by atoms with Crippen LogP contribution in [0, 0.1) is 4.77 Å². The largest absolute Gasteiger partial charge is 0.283 e. The zero-order chi connectivity index (χ0) is 16.8. The van der Waals surface area contributed by atoms with Crippen LogP contribution >= 0.6 is 12.2 Å². The Balaban J connectivity index is 1.66. The highest BCUT2D eigenvalue weighted by Gasteiger charge is 2.04. The molecule has 0 fully saturated rings. The molecule has 0 bridgehead atoms. The highest BCUT2D eigenvalue weighted by Crippen LogP contribution is 2.07. The van der Waals surface area contributed by atoms with E-state index in [9.17, 15) is 0 Å². The molecule has 1 aromatic heterocycles. The fourth-order valence-electron chi connectivity index (χ4n) is 2.47. The standard InChI is InChI=1S/C19H20N4S/c1-22(14-17-10-6-3-7-11-17)15-23-19(24)20-18(21-23)13-12-16-8-4-2-5-9-16/h2-13H,14-15H2,1H3,(H,20,21,24)/b13-12+. The van der Waals surface area contributed by atoms with E-state index in [0.717, 1.165) is 17.9 Å². The molecule has 0 radical (unpaired) electrons. The molecule has 0 amide bonds. The Hall–Kier alpha value is -2.50. The molecule has 0 atom stereocenters. The molecule has 0 aliphatic rings. The number of benzene rings is 2. The fraction of sp³-hybridized carbons (Fsp3) is 0.158. The Morgan fingerprint density at radius 3 is 2.42 bits per heavy atom. The summed E-state index contributed by atoms with van der Waals surface area (Å²) in [4.78, 5) is 6.58. The van der Waals surface area contributed by atoms with Crippen LogP contribution in [0.5, 0.6) is 0 Å². The van der Waals surface area contributed by atoms with Gasteiger partial charge in [0.05, 0.1) is 6.67 Å². The van der Waals surface area contributed by atoms with Gasteiger partial charge in [-0.1, -0.05) is 66.7 Å². The number of rotatable bonds is 6. The SMILES string of the molecule is CN(Cc1ccccc1)Cn1[nH]c(/C=C/c2ccccc2)nc1=S. The molecule has 2 aromatic carbocycles. The van der Waals surface area contributed by atoms with E-state index in [-0.39, 0.29) is 0 Å². The maximum atomic E-state index is 5.35. The predicted molar refractivity (Wildman–Crippen MR) is 101 cm³/mol. The molecular weight excluding hydrogens is 316 g/mol. The minimum atomic E-state index is 0.558.